The van der Waals surface area contributed by atoms with E-state index in [0.29, 0.717) is 28.1 Å². The lowest BCUT2D eigenvalue weighted by molar-refractivity contribution is -0.140. The molecular weight excluding hydrogens is 590 g/mol. The zero-order valence-corrected chi connectivity index (χ0v) is 24.7. The number of nitrogens with zero attached hydrogens (tertiary/aromatic N) is 2. The van der Waals surface area contributed by atoms with Crippen molar-refractivity contribution in [2.75, 3.05) is 17.4 Å². The van der Waals surface area contributed by atoms with Crippen LogP contribution < -0.4 is 9.62 Å². The molecule has 0 heterocycles. The molecule has 7 nitrogen and oxygen atoms in total. The molecule has 0 saturated carbocycles. The first-order valence-corrected chi connectivity index (χ1v) is 14.8. The molecule has 0 fully saturated rings. The van der Waals surface area contributed by atoms with Crippen molar-refractivity contribution >= 4 is 55.1 Å². The van der Waals surface area contributed by atoms with E-state index in [9.17, 15) is 18.0 Å². The number of nitrogens with one attached hydrogen (secondary N) is 1. The highest BCUT2D eigenvalue weighted by molar-refractivity contribution is 9.10. The third-order valence-corrected chi connectivity index (χ3v) is 8.52. The van der Waals surface area contributed by atoms with Gasteiger partial charge in [0, 0.05) is 22.6 Å². The Balaban J connectivity index is 2.05. The van der Waals surface area contributed by atoms with Gasteiger partial charge in [0.15, 0.2) is 0 Å². The van der Waals surface area contributed by atoms with Crippen molar-refractivity contribution in [2.24, 2.45) is 0 Å². The van der Waals surface area contributed by atoms with Crippen LogP contribution in [0.2, 0.25) is 5.02 Å². The number of sulfonamides is 1. The lowest BCUT2D eigenvalue weighted by Gasteiger charge is -2.33. The Labute approximate surface area is 238 Å². The molecule has 202 valence electrons. The molecule has 0 aliphatic rings. The zero-order valence-electron chi connectivity index (χ0n) is 21.5. The molecule has 0 aromatic heterocycles. The highest BCUT2D eigenvalue weighted by Gasteiger charge is 2.33. The summed E-state index contributed by atoms with van der Waals surface area (Å²) in [7, 11) is -4.11. The second-order valence-corrected chi connectivity index (χ2v) is 12.0. The average molecular weight is 621 g/mol. The fourth-order valence-corrected chi connectivity index (χ4v) is 5.91. The number of carbonyl (C=O) groups is 2. The summed E-state index contributed by atoms with van der Waals surface area (Å²) in [6, 6.07) is 19.4. The average Bonchev–Trinajstić information content (AvgIpc) is 2.88. The van der Waals surface area contributed by atoms with Gasteiger partial charge in [-0.15, -0.1) is 0 Å². The van der Waals surface area contributed by atoms with Crippen LogP contribution in [0.5, 0.6) is 0 Å². The summed E-state index contributed by atoms with van der Waals surface area (Å²) >= 11 is 9.44. The van der Waals surface area contributed by atoms with Crippen LogP contribution in [0.3, 0.4) is 0 Å². The largest absolute Gasteiger partial charge is 0.355 e. The van der Waals surface area contributed by atoms with E-state index >= 15 is 0 Å². The Kier molecular flexibility index (Phi) is 10.4. The van der Waals surface area contributed by atoms with E-state index in [-0.39, 0.29) is 17.3 Å². The SMILES string of the molecule is CCNC(=O)[C@H](CC)N(Cc1ccc(Cl)cc1)C(=O)CN(c1cccc(Br)c1)S(=O)(=O)c1ccc(C)cc1. The lowest BCUT2D eigenvalue weighted by Crippen LogP contribution is -2.52. The molecule has 0 bridgehead atoms. The summed E-state index contributed by atoms with van der Waals surface area (Å²) in [5.41, 5.74) is 2.00. The van der Waals surface area contributed by atoms with Crippen LogP contribution in [-0.4, -0.2) is 44.3 Å². The normalized spacial score (nSPS) is 12.0. The summed E-state index contributed by atoms with van der Waals surface area (Å²) in [6.07, 6.45) is 0.354. The zero-order chi connectivity index (χ0) is 27.9. The third-order valence-electron chi connectivity index (χ3n) is 5.99. The van der Waals surface area contributed by atoms with Gasteiger partial charge >= 0.3 is 0 Å². The van der Waals surface area contributed by atoms with E-state index in [1.165, 1.54) is 17.0 Å². The van der Waals surface area contributed by atoms with Gasteiger partial charge in [0.25, 0.3) is 10.0 Å². The molecule has 0 radical (unpaired) electrons. The van der Waals surface area contributed by atoms with Crippen molar-refractivity contribution in [3.05, 3.63) is 93.4 Å². The molecule has 10 heteroatoms. The van der Waals surface area contributed by atoms with Crippen LogP contribution in [0.25, 0.3) is 0 Å². The van der Waals surface area contributed by atoms with Crippen molar-refractivity contribution in [3.63, 3.8) is 0 Å². The predicted molar refractivity (Wildman–Crippen MR) is 155 cm³/mol. The van der Waals surface area contributed by atoms with Crippen LogP contribution in [0.1, 0.15) is 31.4 Å². The van der Waals surface area contributed by atoms with E-state index in [4.69, 9.17) is 11.6 Å². The first kappa shape index (κ1) is 29.7. The summed E-state index contributed by atoms with van der Waals surface area (Å²) in [5.74, 6) is -0.804. The number of likely N-dealkylation sites (N-methyl/N-ethyl adjacent to an activating group) is 1. The molecule has 3 aromatic rings. The maximum atomic E-state index is 13.9. The topological polar surface area (TPSA) is 86.8 Å². The number of amides is 2. The van der Waals surface area contributed by atoms with E-state index in [1.807, 2.05) is 13.8 Å². The second-order valence-electron chi connectivity index (χ2n) is 8.77. The van der Waals surface area contributed by atoms with E-state index in [2.05, 4.69) is 21.2 Å². The van der Waals surface area contributed by atoms with Crippen molar-refractivity contribution in [1.29, 1.82) is 0 Å². The number of aryl methyl sites for hydroxylation is 1. The molecular formula is C28H31BrClN3O4S. The van der Waals surface area contributed by atoms with Crippen molar-refractivity contribution in [2.45, 2.75) is 44.7 Å². The molecule has 3 aromatic carbocycles. The molecule has 1 atom stereocenters. The van der Waals surface area contributed by atoms with Gasteiger partial charge in [-0.2, -0.15) is 0 Å². The highest BCUT2D eigenvalue weighted by atomic mass is 79.9. The maximum absolute atomic E-state index is 13.9. The number of halogens is 2. The van der Waals surface area contributed by atoms with Crippen LogP contribution in [-0.2, 0) is 26.2 Å². The quantitative estimate of drug-likeness (QED) is 0.305. The van der Waals surface area contributed by atoms with Gasteiger partial charge in [0.2, 0.25) is 11.8 Å². The maximum Gasteiger partial charge on any atom is 0.264 e. The van der Waals surface area contributed by atoms with Gasteiger partial charge in [-0.1, -0.05) is 70.3 Å². The van der Waals surface area contributed by atoms with Gasteiger partial charge in [0.1, 0.15) is 12.6 Å². The molecule has 0 aliphatic heterocycles. The molecule has 38 heavy (non-hydrogen) atoms. The molecule has 1 N–H and O–H groups in total. The number of anilines is 1. The lowest BCUT2D eigenvalue weighted by atomic mass is 10.1. The van der Waals surface area contributed by atoms with Gasteiger partial charge in [-0.05, 0) is 68.3 Å². The Morgan fingerprint density at radius 3 is 2.24 bits per heavy atom. The summed E-state index contributed by atoms with van der Waals surface area (Å²) in [5, 5.41) is 3.34. The Hall–Kier alpha value is -2.88. The molecule has 0 unspecified atom stereocenters. The van der Waals surface area contributed by atoms with Gasteiger partial charge in [-0.3, -0.25) is 13.9 Å². The summed E-state index contributed by atoms with van der Waals surface area (Å²) < 4.78 is 29.4. The fourth-order valence-electron chi connectivity index (χ4n) is 4.00. The van der Waals surface area contributed by atoms with Crippen LogP contribution in [0, 0.1) is 6.92 Å². The first-order chi connectivity index (χ1) is 18.1. The molecule has 0 saturated heterocycles. The van der Waals surface area contributed by atoms with Crippen molar-refractivity contribution in [1.82, 2.24) is 10.2 Å². The van der Waals surface area contributed by atoms with E-state index in [0.717, 1.165) is 15.4 Å². The number of carbonyl (C=O) groups excluding carboxylic acids is 2. The Morgan fingerprint density at radius 1 is 1.00 bits per heavy atom. The minimum absolute atomic E-state index is 0.0656. The van der Waals surface area contributed by atoms with E-state index < -0.39 is 28.5 Å². The second kappa shape index (κ2) is 13.3. The smallest absolute Gasteiger partial charge is 0.264 e. The Morgan fingerprint density at radius 2 is 1.66 bits per heavy atom. The third kappa shape index (κ3) is 7.36. The van der Waals surface area contributed by atoms with Gasteiger partial charge < -0.3 is 10.2 Å². The predicted octanol–water partition coefficient (Wildman–Crippen LogP) is 5.55. The van der Waals surface area contributed by atoms with Gasteiger partial charge in [0.05, 0.1) is 10.6 Å². The highest BCUT2D eigenvalue weighted by Crippen LogP contribution is 2.27. The molecule has 0 aliphatic carbocycles. The van der Waals surface area contributed by atoms with Crippen LogP contribution in [0.15, 0.2) is 82.2 Å². The molecule has 3 rings (SSSR count). The number of hydrogen-bond acceptors (Lipinski definition) is 4. The minimum atomic E-state index is -4.11. The fraction of sp³-hybridized carbons (Fsp3) is 0.286. The van der Waals surface area contributed by atoms with Crippen LogP contribution in [0.4, 0.5) is 5.69 Å². The number of benzene rings is 3. The first-order valence-electron chi connectivity index (χ1n) is 12.2. The number of hydrogen-bond donors (Lipinski definition) is 1. The summed E-state index contributed by atoms with van der Waals surface area (Å²) in [6.45, 7) is 5.52. The van der Waals surface area contributed by atoms with Gasteiger partial charge in [-0.25, -0.2) is 8.42 Å². The standard InChI is InChI=1S/C28H31BrClN3O4S/c1-4-26(28(35)31-5-2)32(18-21-11-13-23(30)14-12-21)27(34)19-33(24-8-6-7-22(29)17-24)38(36,37)25-15-9-20(3)10-16-25/h6-17,26H,4-5,18-19H2,1-3H3,(H,31,35)/t26-/m0/s1. The Bertz CT molecular complexity index is 1370. The van der Waals surface area contributed by atoms with Crippen LogP contribution >= 0.6 is 27.5 Å². The number of rotatable bonds is 11. The van der Waals surface area contributed by atoms with Crippen molar-refractivity contribution in [3.8, 4) is 0 Å². The van der Waals surface area contributed by atoms with Crippen molar-refractivity contribution < 1.29 is 18.0 Å². The van der Waals surface area contributed by atoms with E-state index in [1.54, 1.807) is 67.6 Å². The molecule has 2 amide bonds. The summed E-state index contributed by atoms with van der Waals surface area (Å²) in [4.78, 5) is 28.4. The monoisotopic (exact) mass is 619 g/mol. The minimum Gasteiger partial charge on any atom is -0.355 e. The molecule has 0 spiro atoms.